The van der Waals surface area contributed by atoms with Crippen LogP contribution in [0.5, 0.6) is 11.5 Å². The van der Waals surface area contributed by atoms with Gasteiger partial charge in [0.2, 0.25) is 5.91 Å². The summed E-state index contributed by atoms with van der Waals surface area (Å²) >= 11 is 1.45. The van der Waals surface area contributed by atoms with E-state index in [1.54, 1.807) is 25.2 Å². The van der Waals surface area contributed by atoms with Crippen molar-refractivity contribution in [2.75, 3.05) is 7.05 Å². The number of nitrogens with zero attached hydrogens (tertiary/aromatic N) is 3. The maximum Gasteiger partial charge on any atom is 0.239 e. The number of guanidine groups is 1. The predicted octanol–water partition coefficient (Wildman–Crippen LogP) is 3.48. The average Bonchev–Trinajstić information content (AvgIpc) is 3.26. The molecule has 7 nitrogen and oxygen atoms in total. The number of phenolic OH excluding ortho intramolecular Hbond substituents is 2. The molecule has 0 aliphatic carbocycles. The molecule has 0 saturated carbocycles. The molecule has 156 valence electrons. The van der Waals surface area contributed by atoms with Gasteiger partial charge in [-0.1, -0.05) is 18.2 Å². The van der Waals surface area contributed by atoms with E-state index in [4.69, 9.17) is 5.73 Å². The quantitative estimate of drug-likeness (QED) is 0.547. The third-order valence-electron chi connectivity index (χ3n) is 5.59. The predicted molar refractivity (Wildman–Crippen MR) is 119 cm³/mol. The van der Waals surface area contributed by atoms with Gasteiger partial charge < -0.3 is 15.9 Å². The molecular formula is C23H20N4O3S. The molecule has 0 fully saturated rings. The van der Waals surface area contributed by atoms with Crippen molar-refractivity contribution in [1.82, 2.24) is 4.90 Å². The molecule has 0 unspecified atom stereocenters. The van der Waals surface area contributed by atoms with Crippen molar-refractivity contribution in [3.8, 4) is 28.7 Å². The number of hydrogen-bond acceptors (Lipinski definition) is 7. The minimum absolute atomic E-state index is 0.105. The number of hydrogen-bond donors (Lipinski definition) is 3. The summed E-state index contributed by atoms with van der Waals surface area (Å²) in [6, 6.07) is 15.7. The first-order valence-electron chi connectivity index (χ1n) is 9.49. The van der Waals surface area contributed by atoms with Crippen LogP contribution in [0.1, 0.15) is 28.8 Å². The Morgan fingerprint density at radius 3 is 2.65 bits per heavy atom. The van der Waals surface area contributed by atoms with Crippen molar-refractivity contribution in [2.45, 2.75) is 18.4 Å². The lowest BCUT2D eigenvalue weighted by molar-refractivity contribution is -0.130. The largest absolute Gasteiger partial charge is 0.504 e. The molecule has 4 rings (SSSR count). The lowest BCUT2D eigenvalue weighted by Crippen LogP contribution is -2.52. The number of aliphatic imine (C=N–C) groups is 1. The Morgan fingerprint density at radius 2 is 1.94 bits per heavy atom. The second kappa shape index (κ2) is 7.45. The van der Waals surface area contributed by atoms with E-state index in [0.29, 0.717) is 11.1 Å². The molecule has 2 atom stereocenters. The summed E-state index contributed by atoms with van der Waals surface area (Å²) in [5.74, 6) is -1.48. The number of benzene rings is 2. The van der Waals surface area contributed by atoms with Gasteiger partial charge in [0.25, 0.3) is 0 Å². The Labute approximate surface area is 183 Å². The Hall–Kier alpha value is -3.83. The Kier molecular flexibility index (Phi) is 4.91. The van der Waals surface area contributed by atoms with Crippen LogP contribution in [-0.2, 0) is 10.3 Å². The van der Waals surface area contributed by atoms with Crippen LogP contribution in [-0.4, -0.2) is 34.0 Å². The number of phenols is 2. The van der Waals surface area contributed by atoms with Gasteiger partial charge >= 0.3 is 0 Å². The zero-order valence-electron chi connectivity index (χ0n) is 16.9. The molecule has 0 bridgehead atoms. The second-order valence-electron chi connectivity index (χ2n) is 7.59. The minimum Gasteiger partial charge on any atom is -0.504 e. The number of nitrogens with two attached hydrogens (primary N) is 1. The van der Waals surface area contributed by atoms with Gasteiger partial charge in [-0.2, -0.15) is 5.26 Å². The van der Waals surface area contributed by atoms with Crippen molar-refractivity contribution < 1.29 is 15.0 Å². The standard InChI is InChI=1S/C23H20N4O3S/c1-23(19-10-16(12-31-19)14-5-3-4-13(8-14)11-24)20(21(30)27(2)22(25)26-23)15-6-7-17(28)18(29)9-15/h3-10,12,20,28-29H,1-2H3,(H2,25,26)/t20-,23+/m0/s1. The molecule has 2 aromatic carbocycles. The van der Waals surface area contributed by atoms with Gasteiger partial charge in [-0.05, 0) is 59.3 Å². The summed E-state index contributed by atoms with van der Waals surface area (Å²) in [6.07, 6.45) is 0. The maximum absolute atomic E-state index is 13.3. The molecule has 0 radical (unpaired) electrons. The molecule has 0 spiro atoms. The first kappa shape index (κ1) is 20.4. The SMILES string of the molecule is CN1C(=O)[C@H](c2ccc(O)c(O)c2)[C@@](C)(c2cc(-c3cccc(C#N)c3)cs2)N=C1N. The van der Waals surface area contributed by atoms with Gasteiger partial charge in [-0.15, -0.1) is 11.3 Å². The van der Waals surface area contributed by atoms with E-state index in [-0.39, 0.29) is 23.4 Å². The zero-order chi connectivity index (χ0) is 22.3. The third kappa shape index (κ3) is 3.39. The summed E-state index contributed by atoms with van der Waals surface area (Å²) < 4.78 is 0. The topological polar surface area (TPSA) is 123 Å². The van der Waals surface area contributed by atoms with Gasteiger partial charge in [0.15, 0.2) is 17.5 Å². The molecule has 1 aliphatic heterocycles. The highest BCUT2D eigenvalue weighted by molar-refractivity contribution is 7.10. The minimum atomic E-state index is -1.02. The van der Waals surface area contributed by atoms with Crippen LogP contribution in [0.25, 0.3) is 11.1 Å². The van der Waals surface area contributed by atoms with E-state index < -0.39 is 11.5 Å². The first-order chi connectivity index (χ1) is 14.7. The fourth-order valence-electron chi connectivity index (χ4n) is 3.83. The summed E-state index contributed by atoms with van der Waals surface area (Å²) in [7, 11) is 1.56. The summed E-state index contributed by atoms with van der Waals surface area (Å²) in [5.41, 5.74) is 7.92. The van der Waals surface area contributed by atoms with Crippen LogP contribution in [0.3, 0.4) is 0 Å². The van der Waals surface area contributed by atoms with Crippen LogP contribution in [0.4, 0.5) is 0 Å². The van der Waals surface area contributed by atoms with Gasteiger partial charge in [0.1, 0.15) is 5.54 Å². The zero-order valence-corrected chi connectivity index (χ0v) is 17.7. The van der Waals surface area contributed by atoms with Gasteiger partial charge in [-0.3, -0.25) is 9.69 Å². The molecule has 8 heteroatoms. The highest BCUT2D eigenvalue weighted by Crippen LogP contribution is 2.48. The number of aromatic hydroxyl groups is 2. The molecule has 0 saturated heterocycles. The van der Waals surface area contributed by atoms with E-state index in [2.05, 4.69) is 11.1 Å². The molecule has 4 N–H and O–H groups in total. The molecule has 2 heterocycles. The summed E-state index contributed by atoms with van der Waals surface area (Å²) in [6.45, 7) is 1.83. The van der Waals surface area contributed by atoms with Crippen molar-refractivity contribution in [1.29, 1.82) is 5.26 Å². The first-order valence-corrected chi connectivity index (χ1v) is 10.4. The van der Waals surface area contributed by atoms with Crippen LogP contribution < -0.4 is 5.73 Å². The van der Waals surface area contributed by atoms with Crippen molar-refractivity contribution in [3.05, 3.63) is 69.9 Å². The lowest BCUT2D eigenvalue weighted by atomic mass is 9.77. The molecule has 1 aliphatic rings. The van der Waals surface area contributed by atoms with E-state index in [0.717, 1.165) is 16.0 Å². The number of nitriles is 1. The number of carbonyl (C=O) groups is 1. The van der Waals surface area contributed by atoms with Crippen molar-refractivity contribution in [3.63, 3.8) is 0 Å². The Bertz CT molecular complexity index is 1260. The van der Waals surface area contributed by atoms with Crippen LogP contribution in [0.15, 0.2) is 58.9 Å². The van der Waals surface area contributed by atoms with Crippen molar-refractivity contribution in [2.24, 2.45) is 10.7 Å². The highest BCUT2D eigenvalue weighted by atomic mass is 32.1. The number of carbonyl (C=O) groups excluding carboxylic acids is 1. The van der Waals surface area contributed by atoms with Crippen LogP contribution in [0.2, 0.25) is 0 Å². The highest BCUT2D eigenvalue weighted by Gasteiger charge is 2.48. The molecule has 1 aromatic heterocycles. The third-order valence-corrected chi connectivity index (χ3v) is 6.74. The number of rotatable bonds is 3. The van der Waals surface area contributed by atoms with E-state index in [1.807, 2.05) is 30.5 Å². The molecule has 31 heavy (non-hydrogen) atoms. The fourth-order valence-corrected chi connectivity index (χ4v) is 4.89. The number of thiophene rings is 1. The van der Waals surface area contributed by atoms with Crippen LogP contribution >= 0.6 is 11.3 Å². The monoisotopic (exact) mass is 432 g/mol. The normalized spacial score (nSPS) is 20.9. The van der Waals surface area contributed by atoms with E-state index >= 15 is 0 Å². The average molecular weight is 433 g/mol. The van der Waals surface area contributed by atoms with E-state index in [1.165, 1.54) is 28.4 Å². The number of amides is 1. The Balaban J connectivity index is 1.85. The second-order valence-corrected chi connectivity index (χ2v) is 8.50. The fraction of sp³-hybridized carbons (Fsp3) is 0.174. The summed E-state index contributed by atoms with van der Waals surface area (Å²) in [5, 5.41) is 30.9. The summed E-state index contributed by atoms with van der Waals surface area (Å²) in [4.78, 5) is 20.1. The number of likely N-dealkylation sites (N-methyl/N-ethyl adjacent to an activating group) is 1. The van der Waals surface area contributed by atoms with Gasteiger partial charge in [-0.25, -0.2) is 4.99 Å². The van der Waals surface area contributed by atoms with E-state index in [9.17, 15) is 20.3 Å². The smallest absolute Gasteiger partial charge is 0.239 e. The van der Waals surface area contributed by atoms with Gasteiger partial charge in [0, 0.05) is 11.9 Å². The molecular weight excluding hydrogens is 412 g/mol. The van der Waals surface area contributed by atoms with Crippen LogP contribution in [0, 0.1) is 11.3 Å². The molecule has 3 aromatic rings. The van der Waals surface area contributed by atoms with Gasteiger partial charge in [0.05, 0.1) is 17.6 Å². The van der Waals surface area contributed by atoms with Crippen molar-refractivity contribution >= 4 is 23.2 Å². The maximum atomic E-state index is 13.3. The molecule has 1 amide bonds. The Morgan fingerprint density at radius 1 is 1.16 bits per heavy atom. The lowest BCUT2D eigenvalue weighted by Gasteiger charge is -2.40.